The van der Waals surface area contributed by atoms with Crippen LogP contribution in [0.1, 0.15) is 57.8 Å². The van der Waals surface area contributed by atoms with Crippen molar-refractivity contribution in [3.05, 3.63) is 23.8 Å². The number of aliphatic hydroxyl groups excluding tert-OH is 1. The molecule has 0 aromatic rings. The molecule has 1 N–H and O–H groups in total. The van der Waals surface area contributed by atoms with Gasteiger partial charge < -0.3 is 5.11 Å². The molecule has 0 amide bonds. The Morgan fingerprint density at radius 1 is 1.29 bits per heavy atom. The van der Waals surface area contributed by atoms with Gasteiger partial charge in [0.25, 0.3) is 0 Å². The molecular weight excluding hydrogens is 260 g/mol. The molecule has 6 atom stereocenters. The first kappa shape index (κ1) is 9.99. The van der Waals surface area contributed by atoms with Gasteiger partial charge in [0.1, 0.15) is 0 Å². The van der Waals surface area contributed by atoms with E-state index in [1.165, 1.54) is 0 Å². The molecule has 21 heavy (non-hydrogen) atoms. The quantitative estimate of drug-likeness (QED) is 0.739. The van der Waals surface area contributed by atoms with Gasteiger partial charge in [0.2, 0.25) is 0 Å². The molecule has 0 bridgehead atoms. The van der Waals surface area contributed by atoms with E-state index in [1.807, 2.05) is 6.92 Å². The van der Waals surface area contributed by atoms with Gasteiger partial charge in [-0.2, -0.15) is 0 Å². The van der Waals surface area contributed by atoms with E-state index in [1.54, 1.807) is 6.08 Å². The maximum atomic E-state index is 12.1. The lowest BCUT2D eigenvalue weighted by Crippen LogP contribution is -2.50. The molecule has 4 rings (SSSR count). The number of hydrogen-bond acceptors (Lipinski definition) is 2. The number of hydrogen-bond donors (Lipinski definition) is 1. The van der Waals surface area contributed by atoms with E-state index in [2.05, 4.69) is 6.92 Å². The summed E-state index contributed by atoms with van der Waals surface area (Å²) in [7, 11) is 0. The predicted molar refractivity (Wildman–Crippen MR) is 82.6 cm³/mol. The SMILES string of the molecule is [2H]C1=C[C@@]2(C)C(=C([2H])C1=O)C([2H])([2H])C[C@H]1[C@@H]3CC[C@H](O)[C@@]3(C)CC[C@@H]12. The van der Waals surface area contributed by atoms with E-state index in [9.17, 15) is 9.90 Å². The lowest BCUT2D eigenvalue weighted by molar-refractivity contribution is -0.111. The van der Waals surface area contributed by atoms with E-state index >= 15 is 0 Å². The van der Waals surface area contributed by atoms with E-state index in [0.29, 0.717) is 6.42 Å². The fourth-order valence-corrected chi connectivity index (χ4v) is 5.61. The lowest BCUT2D eigenvalue weighted by atomic mass is 9.48. The van der Waals surface area contributed by atoms with Crippen LogP contribution in [0.25, 0.3) is 0 Å². The minimum Gasteiger partial charge on any atom is -0.393 e. The van der Waals surface area contributed by atoms with Crippen molar-refractivity contribution in [1.82, 2.24) is 0 Å². The Balaban J connectivity index is 1.85. The highest BCUT2D eigenvalue weighted by atomic mass is 16.3. The number of ketones is 1. The zero-order valence-corrected chi connectivity index (χ0v) is 12.8. The van der Waals surface area contributed by atoms with Gasteiger partial charge in [-0.25, -0.2) is 0 Å². The monoisotopic (exact) mass is 290 g/mol. The number of carbonyl (C=O) groups is 1. The van der Waals surface area contributed by atoms with Gasteiger partial charge in [-0.3, -0.25) is 4.79 Å². The van der Waals surface area contributed by atoms with Crippen LogP contribution in [0.4, 0.5) is 0 Å². The highest BCUT2D eigenvalue weighted by Gasteiger charge is 2.58. The molecule has 0 aliphatic heterocycles. The fourth-order valence-electron chi connectivity index (χ4n) is 5.61. The molecule has 0 aromatic carbocycles. The summed E-state index contributed by atoms with van der Waals surface area (Å²) in [6.07, 6.45) is 3.30. The molecule has 2 heteroatoms. The molecule has 4 aliphatic carbocycles. The van der Waals surface area contributed by atoms with Crippen molar-refractivity contribution in [2.75, 3.05) is 0 Å². The Labute approximate surface area is 132 Å². The molecule has 0 unspecified atom stereocenters. The van der Waals surface area contributed by atoms with E-state index in [4.69, 9.17) is 5.48 Å². The van der Waals surface area contributed by atoms with Crippen LogP contribution in [0.3, 0.4) is 0 Å². The molecule has 0 aromatic heterocycles. The van der Waals surface area contributed by atoms with Gasteiger partial charge in [-0.1, -0.05) is 25.5 Å². The first-order valence-electron chi connectivity index (χ1n) is 10.2. The van der Waals surface area contributed by atoms with Gasteiger partial charge in [-0.15, -0.1) is 0 Å². The second-order valence-electron chi connectivity index (χ2n) is 7.80. The third kappa shape index (κ3) is 1.72. The Morgan fingerprint density at radius 2 is 2.10 bits per heavy atom. The smallest absolute Gasteiger partial charge is 0.178 e. The van der Waals surface area contributed by atoms with E-state index < -0.39 is 17.6 Å². The number of fused-ring (bicyclic) bond motifs is 5. The summed E-state index contributed by atoms with van der Waals surface area (Å²) in [6.45, 7) is 4.06. The topological polar surface area (TPSA) is 37.3 Å². The highest BCUT2D eigenvalue weighted by molar-refractivity contribution is 6.01. The molecule has 4 aliphatic rings. The molecule has 0 spiro atoms. The maximum Gasteiger partial charge on any atom is 0.178 e. The summed E-state index contributed by atoms with van der Waals surface area (Å²) in [6, 6.07) is -0.481. The molecule has 0 saturated heterocycles. The van der Waals surface area contributed by atoms with Crippen LogP contribution in [-0.4, -0.2) is 17.0 Å². The highest BCUT2D eigenvalue weighted by Crippen LogP contribution is 2.64. The Bertz CT molecular complexity index is 712. The van der Waals surface area contributed by atoms with E-state index in [0.717, 1.165) is 25.7 Å². The third-order valence-electron chi connectivity index (χ3n) is 6.95. The van der Waals surface area contributed by atoms with Crippen LogP contribution in [0.5, 0.6) is 0 Å². The van der Waals surface area contributed by atoms with Crippen LogP contribution in [0, 0.1) is 28.6 Å². The number of rotatable bonds is 0. The number of allylic oxidation sites excluding steroid dienone is 4. The summed E-state index contributed by atoms with van der Waals surface area (Å²) < 4.78 is 33.5. The summed E-state index contributed by atoms with van der Waals surface area (Å²) in [4.78, 5) is 12.1. The van der Waals surface area contributed by atoms with Crippen molar-refractivity contribution in [2.24, 2.45) is 28.6 Å². The summed E-state index contributed by atoms with van der Waals surface area (Å²) in [5.41, 5.74) is -0.621. The van der Waals surface area contributed by atoms with E-state index in [-0.39, 0.29) is 46.9 Å². The second kappa shape index (κ2) is 4.32. The molecule has 2 nitrogen and oxygen atoms in total. The zero-order chi connectivity index (χ0) is 18.4. The van der Waals surface area contributed by atoms with Crippen molar-refractivity contribution in [3.8, 4) is 0 Å². The van der Waals surface area contributed by atoms with Crippen LogP contribution >= 0.6 is 0 Å². The zero-order valence-electron chi connectivity index (χ0n) is 16.8. The van der Waals surface area contributed by atoms with Crippen molar-refractivity contribution in [2.45, 2.75) is 58.4 Å². The molecule has 3 fully saturated rings. The van der Waals surface area contributed by atoms with Gasteiger partial charge >= 0.3 is 0 Å². The summed E-state index contributed by atoms with van der Waals surface area (Å²) in [5, 5.41) is 10.5. The fraction of sp³-hybridized carbons (Fsp3) is 0.737. The minimum absolute atomic E-state index is 0.115. The normalized spacial score (nSPS) is 58.0. The average Bonchev–Trinajstić information content (AvgIpc) is 2.80. The number of carbonyl (C=O) groups excluding carboxylic acids is 1. The first-order chi connectivity index (χ1) is 11.5. The predicted octanol–water partition coefficient (Wildman–Crippen LogP) is 3.66. The Hall–Kier alpha value is -0.890. The van der Waals surface area contributed by atoms with Crippen molar-refractivity contribution in [3.63, 3.8) is 0 Å². The minimum atomic E-state index is -1.72. The summed E-state index contributed by atoms with van der Waals surface area (Å²) >= 11 is 0. The lowest BCUT2D eigenvalue weighted by Gasteiger charge is -2.56. The van der Waals surface area contributed by atoms with Crippen LogP contribution in [-0.2, 0) is 4.79 Å². The molecular formula is C19H26O2. The van der Waals surface area contributed by atoms with Gasteiger partial charge in [0.05, 0.1) is 8.85 Å². The molecule has 3 saturated carbocycles. The second-order valence-corrected chi connectivity index (χ2v) is 7.80. The number of aliphatic hydroxyl groups is 1. The van der Waals surface area contributed by atoms with Crippen molar-refractivity contribution in [1.29, 1.82) is 0 Å². The van der Waals surface area contributed by atoms with Gasteiger partial charge in [0.15, 0.2) is 5.78 Å². The largest absolute Gasteiger partial charge is 0.393 e. The van der Waals surface area contributed by atoms with Gasteiger partial charge in [-0.05, 0) is 73.7 Å². The Kier molecular flexibility index (Phi) is 2.05. The Morgan fingerprint density at radius 3 is 2.90 bits per heavy atom. The van der Waals surface area contributed by atoms with Gasteiger partial charge in [0, 0.05) is 8.16 Å². The third-order valence-corrected chi connectivity index (χ3v) is 6.95. The van der Waals surface area contributed by atoms with Crippen LogP contribution in [0.2, 0.25) is 0 Å². The molecule has 0 heterocycles. The van der Waals surface area contributed by atoms with Crippen molar-refractivity contribution >= 4 is 5.78 Å². The first-order valence-corrected chi connectivity index (χ1v) is 8.16. The summed E-state index contributed by atoms with van der Waals surface area (Å²) in [5.74, 6) is -0.149. The van der Waals surface area contributed by atoms with Crippen LogP contribution in [0.15, 0.2) is 23.8 Å². The maximum absolute atomic E-state index is 12.1. The standard InChI is InChI=1S/C19H26O2/c1-18-9-7-13(20)11-12(18)3-4-14-15-5-6-17(21)19(15,2)10-8-16(14)18/h7,9,11,14-17,21H,3-6,8,10H2,1-2H3/t14-,15-,16-,17-,18-,19-/m0/s1/i3D2,7D,11D. The van der Waals surface area contributed by atoms with Crippen LogP contribution < -0.4 is 0 Å². The molecule has 0 radical (unpaired) electrons. The average molecular weight is 290 g/mol. The molecule has 114 valence electrons. The van der Waals surface area contributed by atoms with Crippen molar-refractivity contribution < 1.29 is 15.4 Å².